The van der Waals surface area contributed by atoms with Crippen LogP contribution in [-0.2, 0) is 0 Å². The summed E-state index contributed by atoms with van der Waals surface area (Å²) < 4.78 is 2.46. The van der Waals surface area contributed by atoms with Gasteiger partial charge >= 0.3 is 0 Å². The Morgan fingerprint density at radius 1 is 1.41 bits per heavy atom. The highest BCUT2D eigenvalue weighted by Gasteiger charge is 2.18. The molecule has 0 spiro atoms. The molecular weight excluding hydrogens is 366 g/mol. The summed E-state index contributed by atoms with van der Waals surface area (Å²) in [6.07, 6.45) is 1.47. The van der Waals surface area contributed by atoms with Crippen LogP contribution in [0.1, 0.15) is 28.2 Å². The van der Waals surface area contributed by atoms with Crippen molar-refractivity contribution in [1.29, 1.82) is 0 Å². The Morgan fingerprint density at radius 3 is 3.00 bits per heavy atom. The number of tetrazole rings is 1. The molecule has 0 saturated carbocycles. The molecule has 6 nitrogen and oxygen atoms in total. The summed E-state index contributed by atoms with van der Waals surface area (Å²) in [6, 6.07) is 9.58. The number of rotatable bonds is 4. The van der Waals surface area contributed by atoms with E-state index in [1.807, 2.05) is 42.6 Å². The third-order valence-corrected chi connectivity index (χ3v) is 4.54. The van der Waals surface area contributed by atoms with Gasteiger partial charge in [0.1, 0.15) is 11.2 Å². The second-order valence-corrected chi connectivity index (χ2v) is 6.47. The molecule has 2 aromatic heterocycles. The van der Waals surface area contributed by atoms with Crippen LogP contribution in [0.2, 0.25) is 0 Å². The van der Waals surface area contributed by atoms with Gasteiger partial charge in [-0.1, -0.05) is 28.1 Å². The van der Waals surface area contributed by atoms with Crippen molar-refractivity contribution in [3.8, 4) is 5.69 Å². The van der Waals surface area contributed by atoms with Crippen LogP contribution in [0.3, 0.4) is 0 Å². The van der Waals surface area contributed by atoms with Crippen LogP contribution in [0.4, 0.5) is 0 Å². The van der Waals surface area contributed by atoms with Gasteiger partial charge in [-0.3, -0.25) is 4.79 Å². The minimum absolute atomic E-state index is 0.103. The number of carbonyl (C=O) groups excluding carboxylic acids is 1. The molecule has 3 aromatic rings. The number of amides is 1. The average Bonchev–Trinajstić information content (AvgIpc) is 3.17. The zero-order valence-electron chi connectivity index (χ0n) is 11.6. The molecule has 0 saturated heterocycles. The van der Waals surface area contributed by atoms with Crippen LogP contribution in [0.25, 0.3) is 5.69 Å². The Morgan fingerprint density at radius 2 is 2.27 bits per heavy atom. The Bertz CT molecular complexity index is 786. The van der Waals surface area contributed by atoms with E-state index in [1.54, 1.807) is 0 Å². The molecule has 0 aliphatic rings. The second kappa shape index (κ2) is 6.37. The minimum Gasteiger partial charge on any atom is -0.345 e. The topological polar surface area (TPSA) is 72.7 Å². The normalized spacial score (nSPS) is 12.1. The third kappa shape index (κ3) is 3.07. The zero-order valence-corrected chi connectivity index (χ0v) is 14.0. The maximum absolute atomic E-state index is 12.5. The summed E-state index contributed by atoms with van der Waals surface area (Å²) in [5.74, 6) is -0.145. The van der Waals surface area contributed by atoms with E-state index in [2.05, 4.69) is 36.8 Å². The number of nitrogens with zero attached hydrogens (tertiary/aromatic N) is 4. The number of thiophene rings is 1. The van der Waals surface area contributed by atoms with Crippen molar-refractivity contribution in [1.82, 2.24) is 25.5 Å². The maximum atomic E-state index is 12.5. The molecule has 22 heavy (non-hydrogen) atoms. The van der Waals surface area contributed by atoms with Gasteiger partial charge in [-0.25, -0.2) is 0 Å². The summed E-state index contributed by atoms with van der Waals surface area (Å²) in [6.45, 7) is 1.95. The fourth-order valence-corrected chi connectivity index (χ4v) is 3.24. The average molecular weight is 378 g/mol. The first-order chi connectivity index (χ1) is 10.6. The molecule has 3 rings (SSSR count). The summed E-state index contributed by atoms with van der Waals surface area (Å²) >= 11 is 4.80. The van der Waals surface area contributed by atoms with Gasteiger partial charge < -0.3 is 5.32 Å². The summed E-state index contributed by atoms with van der Waals surface area (Å²) in [5.41, 5.74) is 1.71. The summed E-state index contributed by atoms with van der Waals surface area (Å²) in [5, 5.41) is 15.9. The van der Waals surface area contributed by atoms with Gasteiger partial charge in [-0.15, -0.1) is 16.4 Å². The largest absolute Gasteiger partial charge is 0.345 e. The van der Waals surface area contributed by atoms with Crippen LogP contribution in [0.15, 0.2) is 46.5 Å². The Hall–Kier alpha value is -2.06. The van der Waals surface area contributed by atoms with Gasteiger partial charge in [0.15, 0.2) is 0 Å². The number of carbonyl (C=O) groups is 1. The number of nitrogens with one attached hydrogen (secondary N) is 1. The molecule has 0 fully saturated rings. The number of halogens is 1. The van der Waals surface area contributed by atoms with Gasteiger partial charge in [0, 0.05) is 4.47 Å². The van der Waals surface area contributed by atoms with E-state index in [0.29, 0.717) is 10.6 Å². The van der Waals surface area contributed by atoms with Gasteiger partial charge in [0.05, 0.1) is 11.7 Å². The Labute approximate surface area is 139 Å². The first-order valence-corrected chi connectivity index (χ1v) is 8.19. The van der Waals surface area contributed by atoms with E-state index in [9.17, 15) is 4.79 Å². The number of benzene rings is 1. The smallest absolute Gasteiger partial charge is 0.264 e. The van der Waals surface area contributed by atoms with E-state index < -0.39 is 0 Å². The number of hydrogen-bond donors (Lipinski definition) is 1. The molecule has 1 N–H and O–H groups in total. The minimum atomic E-state index is -0.145. The molecule has 0 aliphatic carbocycles. The van der Waals surface area contributed by atoms with E-state index in [4.69, 9.17) is 0 Å². The van der Waals surface area contributed by atoms with Crippen LogP contribution < -0.4 is 5.32 Å². The van der Waals surface area contributed by atoms with E-state index >= 15 is 0 Å². The van der Waals surface area contributed by atoms with Gasteiger partial charge in [-0.2, -0.15) is 4.68 Å². The molecule has 0 radical (unpaired) electrons. The van der Waals surface area contributed by atoms with Crippen LogP contribution >= 0.6 is 27.3 Å². The van der Waals surface area contributed by atoms with Crippen LogP contribution in [0, 0.1) is 0 Å². The fourth-order valence-electron chi connectivity index (χ4n) is 2.05. The van der Waals surface area contributed by atoms with Crippen molar-refractivity contribution in [3.63, 3.8) is 0 Å². The second-order valence-electron chi connectivity index (χ2n) is 4.64. The van der Waals surface area contributed by atoms with Crippen molar-refractivity contribution in [2.24, 2.45) is 0 Å². The number of aromatic nitrogens is 4. The lowest BCUT2D eigenvalue weighted by molar-refractivity contribution is 0.0944. The molecule has 8 heteroatoms. The molecule has 0 bridgehead atoms. The van der Waals surface area contributed by atoms with Crippen molar-refractivity contribution in [3.05, 3.63) is 57.0 Å². The van der Waals surface area contributed by atoms with Gasteiger partial charge in [0.2, 0.25) is 0 Å². The molecule has 1 amide bonds. The van der Waals surface area contributed by atoms with Gasteiger partial charge in [0.25, 0.3) is 5.91 Å². The molecule has 0 aliphatic heterocycles. The first-order valence-electron chi connectivity index (χ1n) is 6.52. The quantitative estimate of drug-likeness (QED) is 0.758. The van der Waals surface area contributed by atoms with Gasteiger partial charge in [-0.05, 0) is 46.5 Å². The van der Waals surface area contributed by atoms with E-state index in [1.165, 1.54) is 22.3 Å². The predicted molar refractivity (Wildman–Crippen MR) is 87.1 cm³/mol. The maximum Gasteiger partial charge on any atom is 0.264 e. The lowest BCUT2D eigenvalue weighted by atomic mass is 10.1. The third-order valence-electron chi connectivity index (χ3n) is 3.14. The van der Waals surface area contributed by atoms with Crippen molar-refractivity contribution < 1.29 is 4.79 Å². The molecule has 2 heterocycles. The summed E-state index contributed by atoms with van der Waals surface area (Å²) in [7, 11) is 0. The standard InChI is InChI=1S/C14H12BrN5OS/c1-9(10-3-2-4-11(15)7-10)17-14(21)13-12(5-6-22-13)20-8-16-18-19-20/h2-9H,1H3,(H,17,21). The van der Waals surface area contributed by atoms with Crippen molar-refractivity contribution in [2.45, 2.75) is 13.0 Å². The van der Waals surface area contributed by atoms with Crippen LogP contribution in [0.5, 0.6) is 0 Å². The highest BCUT2D eigenvalue weighted by atomic mass is 79.9. The van der Waals surface area contributed by atoms with E-state index in [-0.39, 0.29) is 11.9 Å². The summed E-state index contributed by atoms with van der Waals surface area (Å²) in [4.78, 5) is 13.1. The van der Waals surface area contributed by atoms with E-state index in [0.717, 1.165) is 10.0 Å². The number of hydrogen-bond acceptors (Lipinski definition) is 5. The Balaban J connectivity index is 1.79. The predicted octanol–water partition coefficient (Wildman–Crippen LogP) is 2.98. The van der Waals surface area contributed by atoms with Crippen molar-refractivity contribution in [2.75, 3.05) is 0 Å². The molecule has 1 aromatic carbocycles. The SMILES string of the molecule is CC(NC(=O)c1sccc1-n1cnnn1)c1cccc(Br)c1. The highest BCUT2D eigenvalue weighted by Crippen LogP contribution is 2.22. The molecular formula is C14H12BrN5OS. The molecule has 1 atom stereocenters. The van der Waals surface area contributed by atoms with Crippen LogP contribution in [-0.4, -0.2) is 26.1 Å². The monoisotopic (exact) mass is 377 g/mol. The molecule has 1 unspecified atom stereocenters. The molecule has 112 valence electrons. The lowest BCUT2D eigenvalue weighted by Crippen LogP contribution is -2.26. The highest BCUT2D eigenvalue weighted by molar-refractivity contribution is 9.10. The Kier molecular flexibility index (Phi) is 4.30. The first kappa shape index (κ1) is 14.9. The lowest BCUT2D eigenvalue weighted by Gasteiger charge is -2.14. The fraction of sp³-hybridized carbons (Fsp3) is 0.143. The zero-order chi connectivity index (χ0) is 15.5. The van der Waals surface area contributed by atoms with Crippen molar-refractivity contribution >= 4 is 33.2 Å².